The summed E-state index contributed by atoms with van der Waals surface area (Å²) in [5, 5.41) is 0. The molecule has 0 aliphatic heterocycles. The van der Waals surface area contributed by atoms with Gasteiger partial charge in [0.2, 0.25) is 0 Å². The quantitative estimate of drug-likeness (QED) is 0.616. The molecule has 0 N–H and O–H groups in total. The van der Waals surface area contributed by atoms with Gasteiger partial charge in [0.1, 0.15) is 11.6 Å². The molecule has 2 aromatic carbocycles. The molecule has 0 unspecified atom stereocenters. The van der Waals surface area contributed by atoms with Gasteiger partial charge in [-0.25, -0.2) is 4.39 Å². The van der Waals surface area contributed by atoms with Gasteiger partial charge >= 0.3 is 5.97 Å². The summed E-state index contributed by atoms with van der Waals surface area (Å²) in [4.78, 5) is 11.5. The number of esters is 1. The van der Waals surface area contributed by atoms with E-state index >= 15 is 0 Å². The third kappa shape index (κ3) is 2.65. The smallest absolute Gasteiger partial charge is 0.314 e. The molecule has 0 bridgehead atoms. The van der Waals surface area contributed by atoms with Crippen molar-refractivity contribution in [1.29, 1.82) is 0 Å². The minimum absolute atomic E-state index is 0.0110. The number of benzene rings is 2. The molecule has 0 saturated heterocycles. The molecule has 0 amide bonds. The molecule has 0 heterocycles. The van der Waals surface area contributed by atoms with Gasteiger partial charge < -0.3 is 4.74 Å². The highest BCUT2D eigenvalue weighted by molar-refractivity contribution is 5.77. The standard InChI is InChI=1S/C16H13FO2/c17-15-10-13(19-16(18)12-6-7-12)8-9-14(15)11-4-2-1-3-5-11/h1-5,8-10,12H,6-7H2. The van der Waals surface area contributed by atoms with E-state index < -0.39 is 0 Å². The zero-order chi connectivity index (χ0) is 13.2. The Hall–Kier alpha value is -2.16. The third-order valence-electron chi connectivity index (χ3n) is 3.15. The van der Waals surface area contributed by atoms with Crippen LogP contribution < -0.4 is 4.74 Å². The van der Waals surface area contributed by atoms with Crippen LogP contribution >= 0.6 is 0 Å². The molecular formula is C16H13FO2. The molecule has 1 aliphatic carbocycles. The molecule has 1 saturated carbocycles. The van der Waals surface area contributed by atoms with E-state index in [1.54, 1.807) is 12.1 Å². The zero-order valence-corrected chi connectivity index (χ0v) is 10.3. The van der Waals surface area contributed by atoms with Crippen LogP contribution in [0.1, 0.15) is 12.8 Å². The van der Waals surface area contributed by atoms with Crippen LogP contribution in [0.3, 0.4) is 0 Å². The van der Waals surface area contributed by atoms with Crippen molar-refractivity contribution >= 4 is 5.97 Å². The van der Waals surface area contributed by atoms with E-state index in [1.807, 2.05) is 30.3 Å². The highest BCUT2D eigenvalue weighted by atomic mass is 19.1. The normalized spacial score (nSPS) is 14.2. The largest absolute Gasteiger partial charge is 0.426 e. The topological polar surface area (TPSA) is 26.3 Å². The van der Waals surface area contributed by atoms with Crippen LogP contribution in [0, 0.1) is 11.7 Å². The fraction of sp³-hybridized carbons (Fsp3) is 0.188. The van der Waals surface area contributed by atoms with Gasteiger partial charge in [0.25, 0.3) is 0 Å². The van der Waals surface area contributed by atoms with E-state index in [1.165, 1.54) is 6.07 Å². The monoisotopic (exact) mass is 256 g/mol. The summed E-state index contributed by atoms with van der Waals surface area (Å²) in [6, 6.07) is 13.8. The lowest BCUT2D eigenvalue weighted by Gasteiger charge is -2.07. The number of halogens is 1. The molecule has 19 heavy (non-hydrogen) atoms. The Morgan fingerprint density at radius 2 is 1.84 bits per heavy atom. The maximum atomic E-state index is 14.0. The van der Waals surface area contributed by atoms with Crippen LogP contribution in [-0.4, -0.2) is 5.97 Å². The van der Waals surface area contributed by atoms with Crippen molar-refractivity contribution in [3.63, 3.8) is 0 Å². The number of carbonyl (C=O) groups excluding carboxylic acids is 1. The maximum absolute atomic E-state index is 14.0. The maximum Gasteiger partial charge on any atom is 0.314 e. The van der Waals surface area contributed by atoms with Crippen LogP contribution in [0.4, 0.5) is 4.39 Å². The number of hydrogen-bond acceptors (Lipinski definition) is 2. The first-order valence-electron chi connectivity index (χ1n) is 6.31. The zero-order valence-electron chi connectivity index (χ0n) is 10.3. The molecule has 0 spiro atoms. The number of rotatable bonds is 3. The Morgan fingerprint density at radius 3 is 2.47 bits per heavy atom. The summed E-state index contributed by atoms with van der Waals surface area (Å²) in [5.74, 6) is -0.356. The van der Waals surface area contributed by atoms with Crippen molar-refractivity contribution in [1.82, 2.24) is 0 Å². The van der Waals surface area contributed by atoms with E-state index in [9.17, 15) is 9.18 Å². The lowest BCUT2D eigenvalue weighted by molar-refractivity contribution is -0.135. The lowest BCUT2D eigenvalue weighted by atomic mass is 10.1. The number of ether oxygens (including phenoxy) is 1. The summed E-state index contributed by atoms with van der Waals surface area (Å²) in [6.45, 7) is 0. The summed E-state index contributed by atoms with van der Waals surface area (Å²) >= 11 is 0. The van der Waals surface area contributed by atoms with E-state index in [2.05, 4.69) is 0 Å². The first kappa shape index (κ1) is 11.9. The first-order chi connectivity index (χ1) is 9.24. The van der Waals surface area contributed by atoms with Crippen molar-refractivity contribution in [3.8, 4) is 16.9 Å². The fourth-order valence-electron chi connectivity index (χ4n) is 1.93. The first-order valence-corrected chi connectivity index (χ1v) is 6.31. The minimum atomic E-state index is -0.382. The fourth-order valence-corrected chi connectivity index (χ4v) is 1.93. The Kier molecular flexibility index (Phi) is 3.03. The molecule has 1 aliphatic rings. The van der Waals surface area contributed by atoms with E-state index in [0.717, 1.165) is 18.4 Å². The molecule has 96 valence electrons. The van der Waals surface area contributed by atoms with Gasteiger partial charge in [0.05, 0.1) is 5.92 Å². The van der Waals surface area contributed by atoms with Crippen molar-refractivity contribution < 1.29 is 13.9 Å². The van der Waals surface area contributed by atoms with Gasteiger partial charge in [-0.2, -0.15) is 0 Å². The van der Waals surface area contributed by atoms with Gasteiger partial charge in [0.15, 0.2) is 0 Å². The van der Waals surface area contributed by atoms with Gasteiger partial charge in [-0.1, -0.05) is 30.3 Å². The second kappa shape index (κ2) is 4.84. The van der Waals surface area contributed by atoms with Gasteiger partial charge in [-0.15, -0.1) is 0 Å². The Bertz CT molecular complexity index is 603. The number of carbonyl (C=O) groups is 1. The van der Waals surface area contributed by atoms with Crippen molar-refractivity contribution in [2.75, 3.05) is 0 Å². The summed E-state index contributed by atoms with van der Waals surface area (Å²) < 4.78 is 19.1. The molecule has 0 atom stereocenters. The van der Waals surface area contributed by atoms with Crippen LogP contribution in [-0.2, 0) is 4.79 Å². The lowest BCUT2D eigenvalue weighted by Crippen LogP contribution is -2.09. The van der Waals surface area contributed by atoms with Crippen molar-refractivity contribution in [2.45, 2.75) is 12.8 Å². The molecule has 1 fully saturated rings. The van der Waals surface area contributed by atoms with Crippen LogP contribution in [0.5, 0.6) is 5.75 Å². The SMILES string of the molecule is O=C(Oc1ccc(-c2ccccc2)c(F)c1)C1CC1. The Balaban J connectivity index is 1.83. The average Bonchev–Trinajstić information content (AvgIpc) is 3.24. The van der Waals surface area contributed by atoms with E-state index in [4.69, 9.17) is 4.74 Å². The van der Waals surface area contributed by atoms with Crippen LogP contribution in [0.25, 0.3) is 11.1 Å². The van der Waals surface area contributed by atoms with Crippen molar-refractivity contribution in [2.24, 2.45) is 5.92 Å². The molecule has 2 nitrogen and oxygen atoms in total. The number of hydrogen-bond donors (Lipinski definition) is 0. The van der Waals surface area contributed by atoms with E-state index in [0.29, 0.717) is 5.56 Å². The van der Waals surface area contributed by atoms with Gasteiger partial charge in [-0.05, 0) is 30.5 Å². The molecular weight excluding hydrogens is 243 g/mol. The van der Waals surface area contributed by atoms with E-state index in [-0.39, 0.29) is 23.5 Å². The Labute approximate surface area is 110 Å². The van der Waals surface area contributed by atoms with Crippen LogP contribution in [0.15, 0.2) is 48.5 Å². The molecule has 3 heteroatoms. The molecule has 2 aromatic rings. The van der Waals surface area contributed by atoms with Crippen LogP contribution in [0.2, 0.25) is 0 Å². The summed E-state index contributed by atoms with van der Waals surface area (Å²) in [7, 11) is 0. The second-order valence-corrected chi connectivity index (χ2v) is 4.70. The van der Waals surface area contributed by atoms with Gasteiger partial charge in [-0.3, -0.25) is 4.79 Å². The Morgan fingerprint density at radius 1 is 1.11 bits per heavy atom. The minimum Gasteiger partial charge on any atom is -0.426 e. The summed E-state index contributed by atoms with van der Waals surface area (Å²) in [5.41, 5.74) is 1.31. The molecule has 0 radical (unpaired) electrons. The summed E-state index contributed by atoms with van der Waals surface area (Å²) in [6.07, 6.45) is 1.76. The molecule has 3 rings (SSSR count). The van der Waals surface area contributed by atoms with Gasteiger partial charge in [0, 0.05) is 11.6 Å². The van der Waals surface area contributed by atoms with Crippen molar-refractivity contribution in [3.05, 3.63) is 54.3 Å². The second-order valence-electron chi connectivity index (χ2n) is 4.70. The highest BCUT2D eigenvalue weighted by Gasteiger charge is 2.31. The average molecular weight is 256 g/mol. The predicted molar refractivity (Wildman–Crippen MR) is 70.2 cm³/mol. The molecule has 0 aromatic heterocycles. The predicted octanol–water partition coefficient (Wildman–Crippen LogP) is 3.81. The highest BCUT2D eigenvalue weighted by Crippen LogP contribution is 2.32. The third-order valence-corrected chi connectivity index (χ3v) is 3.15.